The molecule has 0 radical (unpaired) electrons. The second kappa shape index (κ2) is 3.84. The van der Waals surface area contributed by atoms with Crippen LogP contribution in [0.3, 0.4) is 0 Å². The van der Waals surface area contributed by atoms with E-state index in [1.165, 1.54) is 16.6 Å². The predicted molar refractivity (Wildman–Crippen MR) is 58.8 cm³/mol. The predicted octanol–water partition coefficient (Wildman–Crippen LogP) is 0.279. The molecule has 0 unspecified atom stereocenters. The molecule has 88 valence electrons. The molecule has 1 N–H and O–H groups in total. The van der Waals surface area contributed by atoms with Crippen molar-refractivity contribution >= 4 is 11.6 Å². The zero-order chi connectivity index (χ0) is 12.5. The van der Waals surface area contributed by atoms with Gasteiger partial charge in [0.25, 0.3) is 0 Å². The first kappa shape index (κ1) is 10.3. The van der Waals surface area contributed by atoms with Gasteiger partial charge in [0.1, 0.15) is 0 Å². The lowest BCUT2D eigenvalue weighted by atomic mass is 10.4. The highest BCUT2D eigenvalue weighted by atomic mass is 16.4. The van der Waals surface area contributed by atoms with Crippen molar-refractivity contribution in [1.82, 2.24) is 29.8 Å². The lowest BCUT2D eigenvalue weighted by Gasteiger charge is -1.98. The molecule has 0 fully saturated rings. The maximum absolute atomic E-state index is 10.9. The zero-order valence-electron chi connectivity index (χ0n) is 8.93. The van der Waals surface area contributed by atoms with Crippen LogP contribution >= 0.6 is 0 Å². The van der Waals surface area contributed by atoms with Crippen molar-refractivity contribution in [3.63, 3.8) is 0 Å². The summed E-state index contributed by atoms with van der Waals surface area (Å²) in [6.45, 7) is 0. The molecule has 0 spiro atoms. The summed E-state index contributed by atoms with van der Waals surface area (Å²) >= 11 is 0. The van der Waals surface area contributed by atoms with E-state index in [1.807, 2.05) is 0 Å². The average Bonchev–Trinajstić information content (AvgIpc) is 2.82. The molecular formula is C10H6N6O2. The van der Waals surface area contributed by atoms with Gasteiger partial charge in [-0.15, -0.1) is 10.2 Å². The van der Waals surface area contributed by atoms with Crippen LogP contribution in [0.5, 0.6) is 0 Å². The third-order valence-corrected chi connectivity index (χ3v) is 2.25. The number of hydrogen-bond donors (Lipinski definition) is 1. The summed E-state index contributed by atoms with van der Waals surface area (Å²) in [5.74, 6) is -0.487. The number of carboxylic acids is 1. The van der Waals surface area contributed by atoms with Gasteiger partial charge >= 0.3 is 5.97 Å². The number of fused-ring (bicyclic) bond motifs is 1. The maximum Gasteiger partial charge on any atom is 0.356 e. The van der Waals surface area contributed by atoms with E-state index in [2.05, 4.69) is 25.3 Å². The van der Waals surface area contributed by atoms with E-state index in [4.69, 9.17) is 5.11 Å². The van der Waals surface area contributed by atoms with Crippen LogP contribution in [0.1, 0.15) is 10.5 Å². The number of nitrogens with zero attached hydrogens (tertiary/aromatic N) is 6. The standard InChI is InChI=1S/C10H6N6O2/c17-10(18)6-2-3-7-13-14-9(16(7)15-6)8-11-4-1-5-12-8/h1-5H,(H,17,18). The van der Waals surface area contributed by atoms with E-state index in [-0.39, 0.29) is 5.69 Å². The van der Waals surface area contributed by atoms with Gasteiger partial charge in [-0.2, -0.15) is 9.61 Å². The highest BCUT2D eigenvalue weighted by Crippen LogP contribution is 2.12. The monoisotopic (exact) mass is 242 g/mol. The van der Waals surface area contributed by atoms with Gasteiger partial charge in [-0.1, -0.05) is 0 Å². The molecule has 0 aromatic carbocycles. The van der Waals surface area contributed by atoms with Crippen molar-refractivity contribution in [3.05, 3.63) is 36.3 Å². The Morgan fingerprint density at radius 3 is 2.67 bits per heavy atom. The highest BCUT2D eigenvalue weighted by Gasteiger charge is 2.13. The Hall–Kier alpha value is -2.90. The number of rotatable bonds is 2. The topological polar surface area (TPSA) is 106 Å². The first-order chi connectivity index (χ1) is 8.75. The van der Waals surface area contributed by atoms with E-state index in [9.17, 15) is 4.79 Å². The Kier molecular flexibility index (Phi) is 2.19. The molecule has 3 aromatic rings. The second-order valence-electron chi connectivity index (χ2n) is 3.39. The fourth-order valence-corrected chi connectivity index (χ4v) is 1.46. The Bertz CT molecular complexity index is 724. The summed E-state index contributed by atoms with van der Waals surface area (Å²) in [5.41, 5.74) is 0.335. The molecule has 0 aliphatic heterocycles. The minimum atomic E-state index is -1.12. The van der Waals surface area contributed by atoms with Crippen molar-refractivity contribution in [2.75, 3.05) is 0 Å². The third kappa shape index (κ3) is 1.56. The lowest BCUT2D eigenvalue weighted by Crippen LogP contribution is -2.06. The molecule has 8 heteroatoms. The fraction of sp³-hybridized carbons (Fsp3) is 0. The van der Waals surface area contributed by atoms with Crippen molar-refractivity contribution < 1.29 is 9.90 Å². The van der Waals surface area contributed by atoms with Crippen LogP contribution in [0.15, 0.2) is 30.6 Å². The molecule has 0 saturated carbocycles. The number of carboxylic acid groups (broad SMARTS) is 1. The van der Waals surface area contributed by atoms with E-state index in [0.29, 0.717) is 17.3 Å². The number of aromatic nitrogens is 6. The van der Waals surface area contributed by atoms with Crippen LogP contribution in [-0.4, -0.2) is 40.9 Å². The van der Waals surface area contributed by atoms with Crippen molar-refractivity contribution in [2.45, 2.75) is 0 Å². The van der Waals surface area contributed by atoms with Crippen molar-refractivity contribution in [2.24, 2.45) is 0 Å². The number of hydrogen-bond acceptors (Lipinski definition) is 6. The first-order valence-corrected chi connectivity index (χ1v) is 4.99. The number of aromatic carboxylic acids is 1. The van der Waals surface area contributed by atoms with E-state index in [0.717, 1.165) is 0 Å². The third-order valence-electron chi connectivity index (χ3n) is 2.25. The number of carbonyl (C=O) groups is 1. The van der Waals surface area contributed by atoms with Crippen molar-refractivity contribution in [3.8, 4) is 11.6 Å². The van der Waals surface area contributed by atoms with E-state index >= 15 is 0 Å². The second-order valence-corrected chi connectivity index (χ2v) is 3.39. The molecule has 0 atom stereocenters. The summed E-state index contributed by atoms with van der Waals surface area (Å²) in [6, 6.07) is 4.56. The molecule has 0 bridgehead atoms. The fourth-order valence-electron chi connectivity index (χ4n) is 1.46. The van der Waals surface area contributed by atoms with Crippen LogP contribution in [0.2, 0.25) is 0 Å². The van der Waals surface area contributed by atoms with Crippen LogP contribution in [-0.2, 0) is 0 Å². The lowest BCUT2D eigenvalue weighted by molar-refractivity contribution is 0.0689. The molecule has 3 aromatic heterocycles. The Balaban J connectivity index is 2.24. The van der Waals surface area contributed by atoms with Gasteiger partial charge in [-0.3, -0.25) is 0 Å². The minimum Gasteiger partial charge on any atom is -0.476 e. The van der Waals surface area contributed by atoms with Gasteiger partial charge in [0, 0.05) is 12.4 Å². The molecule has 3 rings (SSSR count). The molecule has 0 aliphatic carbocycles. The Morgan fingerprint density at radius 1 is 1.17 bits per heavy atom. The summed E-state index contributed by atoms with van der Waals surface area (Å²) in [7, 11) is 0. The molecule has 8 nitrogen and oxygen atoms in total. The minimum absolute atomic E-state index is 0.0977. The van der Waals surface area contributed by atoms with Gasteiger partial charge in [0.2, 0.25) is 5.82 Å². The molecule has 0 aliphatic rings. The molecule has 0 saturated heterocycles. The van der Waals surface area contributed by atoms with Gasteiger partial charge in [-0.25, -0.2) is 14.8 Å². The van der Waals surface area contributed by atoms with Crippen LogP contribution in [0.25, 0.3) is 17.3 Å². The Morgan fingerprint density at radius 2 is 1.94 bits per heavy atom. The average molecular weight is 242 g/mol. The summed E-state index contributed by atoms with van der Waals surface area (Å²) in [5, 5.41) is 20.6. The van der Waals surface area contributed by atoms with E-state index < -0.39 is 5.97 Å². The first-order valence-electron chi connectivity index (χ1n) is 4.99. The molecule has 18 heavy (non-hydrogen) atoms. The quantitative estimate of drug-likeness (QED) is 0.687. The molecule has 3 heterocycles. The van der Waals surface area contributed by atoms with Crippen LogP contribution in [0, 0.1) is 0 Å². The van der Waals surface area contributed by atoms with Crippen molar-refractivity contribution in [1.29, 1.82) is 0 Å². The summed E-state index contributed by atoms with van der Waals surface area (Å²) < 4.78 is 1.30. The summed E-state index contributed by atoms with van der Waals surface area (Å²) in [4.78, 5) is 18.9. The molecule has 0 amide bonds. The van der Waals surface area contributed by atoms with E-state index in [1.54, 1.807) is 18.5 Å². The smallest absolute Gasteiger partial charge is 0.356 e. The van der Waals surface area contributed by atoms with Gasteiger partial charge in [-0.05, 0) is 18.2 Å². The van der Waals surface area contributed by atoms with Gasteiger partial charge in [0.05, 0.1) is 0 Å². The normalized spacial score (nSPS) is 10.7. The largest absolute Gasteiger partial charge is 0.476 e. The summed E-state index contributed by atoms with van der Waals surface area (Å²) in [6.07, 6.45) is 3.12. The SMILES string of the molecule is O=C(O)c1ccc2nnc(-c3ncccn3)n2n1. The Labute approximate surface area is 100.0 Å². The maximum atomic E-state index is 10.9. The van der Waals surface area contributed by atoms with Gasteiger partial charge < -0.3 is 5.11 Å². The highest BCUT2D eigenvalue weighted by molar-refractivity contribution is 5.85. The van der Waals surface area contributed by atoms with Crippen LogP contribution < -0.4 is 0 Å². The molecular weight excluding hydrogens is 236 g/mol. The zero-order valence-corrected chi connectivity index (χ0v) is 8.93. The van der Waals surface area contributed by atoms with Gasteiger partial charge in [0.15, 0.2) is 17.2 Å². The van der Waals surface area contributed by atoms with Crippen LogP contribution in [0.4, 0.5) is 0 Å².